The third-order valence-corrected chi connectivity index (χ3v) is 3.11. The Bertz CT molecular complexity index is 743. The van der Waals surface area contributed by atoms with Gasteiger partial charge in [-0.3, -0.25) is 4.79 Å². The van der Waals surface area contributed by atoms with Gasteiger partial charge in [-0.05, 0) is 17.7 Å². The highest BCUT2D eigenvalue weighted by Gasteiger charge is 2.17. The van der Waals surface area contributed by atoms with Gasteiger partial charge in [0, 0.05) is 16.5 Å². The number of aromatic nitrogens is 2. The molecule has 0 aliphatic heterocycles. The van der Waals surface area contributed by atoms with E-state index in [0.717, 1.165) is 0 Å². The molecular weight excluding hydrogens is 307 g/mol. The lowest BCUT2D eigenvalue weighted by atomic mass is 10.1. The first-order valence-corrected chi connectivity index (χ1v) is 6.13. The molecule has 0 amide bonds. The van der Waals surface area contributed by atoms with Crippen LogP contribution in [0.5, 0.6) is 5.75 Å². The van der Waals surface area contributed by atoms with E-state index in [4.69, 9.17) is 28.3 Å². The zero-order chi connectivity index (χ0) is 14.9. The summed E-state index contributed by atoms with van der Waals surface area (Å²) in [5.74, 6) is -2.34. The Kier molecular flexibility index (Phi) is 3.96. The van der Waals surface area contributed by atoms with Gasteiger partial charge in [0.05, 0.1) is 0 Å². The molecule has 0 aliphatic carbocycles. The summed E-state index contributed by atoms with van der Waals surface area (Å²) in [6.45, 7) is 0. The maximum Gasteiger partial charge on any atom is 0.358 e. The molecule has 1 aromatic heterocycles. The Balaban J connectivity index is 2.44. The van der Waals surface area contributed by atoms with Crippen molar-refractivity contribution in [2.45, 2.75) is 6.42 Å². The molecule has 8 heteroatoms. The van der Waals surface area contributed by atoms with Gasteiger partial charge in [-0.2, -0.15) is 0 Å². The maximum atomic E-state index is 11.4. The topological polar surface area (TPSA) is 103 Å². The second-order valence-electron chi connectivity index (χ2n) is 3.93. The number of rotatable bonds is 3. The number of carboxylic acid groups (broad SMARTS) is 1. The molecule has 1 aromatic carbocycles. The molecule has 6 nitrogen and oxygen atoms in total. The van der Waals surface area contributed by atoms with E-state index in [1.807, 2.05) is 0 Å². The van der Waals surface area contributed by atoms with Crippen LogP contribution in [-0.4, -0.2) is 26.2 Å². The van der Waals surface area contributed by atoms with E-state index in [2.05, 4.69) is 9.97 Å². The summed E-state index contributed by atoms with van der Waals surface area (Å²) in [6.07, 6.45) is 0.103. The molecular formula is C12H8Cl2N2O4. The molecule has 0 saturated heterocycles. The van der Waals surface area contributed by atoms with Crippen molar-refractivity contribution >= 4 is 29.2 Å². The zero-order valence-electron chi connectivity index (χ0n) is 9.85. The second kappa shape index (κ2) is 5.52. The first-order chi connectivity index (χ1) is 9.38. The molecule has 2 rings (SSSR count). The molecule has 0 spiro atoms. The minimum atomic E-state index is -1.49. The Morgan fingerprint density at radius 1 is 1.35 bits per heavy atom. The highest BCUT2D eigenvalue weighted by molar-refractivity contribution is 6.35. The van der Waals surface area contributed by atoms with Gasteiger partial charge in [0.2, 0.25) is 5.75 Å². The van der Waals surface area contributed by atoms with Gasteiger partial charge in [-0.1, -0.05) is 29.3 Å². The van der Waals surface area contributed by atoms with Gasteiger partial charge >= 0.3 is 5.97 Å². The molecule has 0 fully saturated rings. The summed E-state index contributed by atoms with van der Waals surface area (Å²) in [5.41, 5.74) is -1.01. The number of halogens is 2. The van der Waals surface area contributed by atoms with Crippen LogP contribution in [0, 0.1) is 0 Å². The van der Waals surface area contributed by atoms with E-state index in [1.165, 1.54) is 6.07 Å². The number of aromatic hydroxyl groups is 1. The second-order valence-corrected chi connectivity index (χ2v) is 4.77. The van der Waals surface area contributed by atoms with E-state index in [0.29, 0.717) is 15.6 Å². The van der Waals surface area contributed by atoms with E-state index < -0.39 is 23.0 Å². The fraction of sp³-hybridized carbons (Fsp3) is 0.0833. The lowest BCUT2D eigenvalue weighted by Crippen LogP contribution is -2.17. The lowest BCUT2D eigenvalue weighted by molar-refractivity contribution is 0.0686. The number of carboxylic acids is 1. The Labute approximate surface area is 122 Å². The number of benzene rings is 1. The number of carbonyl (C=O) groups is 1. The van der Waals surface area contributed by atoms with E-state index in [-0.39, 0.29) is 12.2 Å². The summed E-state index contributed by atoms with van der Waals surface area (Å²) in [4.78, 5) is 28.3. The molecule has 0 atom stereocenters. The van der Waals surface area contributed by atoms with Crippen molar-refractivity contribution in [2.75, 3.05) is 0 Å². The van der Waals surface area contributed by atoms with Crippen LogP contribution in [0.1, 0.15) is 21.9 Å². The first kappa shape index (κ1) is 14.4. The molecule has 104 valence electrons. The monoisotopic (exact) mass is 314 g/mol. The number of hydrogen-bond acceptors (Lipinski definition) is 4. The predicted octanol–water partition coefficient (Wildman–Crippen LogP) is 2.07. The van der Waals surface area contributed by atoms with Crippen molar-refractivity contribution in [3.63, 3.8) is 0 Å². The Morgan fingerprint density at radius 3 is 2.65 bits per heavy atom. The fourth-order valence-corrected chi connectivity index (χ4v) is 2.07. The normalized spacial score (nSPS) is 10.5. The highest BCUT2D eigenvalue weighted by Crippen LogP contribution is 2.22. The number of nitrogens with one attached hydrogen (secondary N) is 1. The van der Waals surface area contributed by atoms with Crippen molar-refractivity contribution in [3.05, 3.63) is 55.7 Å². The molecule has 0 radical (unpaired) electrons. The SMILES string of the molecule is O=C(O)c1nc(Cc2ccc(Cl)cc2Cl)[nH]c(=O)c1O. The van der Waals surface area contributed by atoms with Crippen LogP contribution in [0.4, 0.5) is 0 Å². The average Bonchev–Trinajstić information content (AvgIpc) is 2.36. The maximum absolute atomic E-state index is 11.4. The number of aromatic amines is 1. The van der Waals surface area contributed by atoms with Crippen molar-refractivity contribution < 1.29 is 15.0 Å². The van der Waals surface area contributed by atoms with Crippen LogP contribution in [0.15, 0.2) is 23.0 Å². The lowest BCUT2D eigenvalue weighted by Gasteiger charge is -2.06. The quantitative estimate of drug-likeness (QED) is 0.804. The number of nitrogens with zero attached hydrogens (tertiary/aromatic N) is 1. The van der Waals surface area contributed by atoms with Crippen molar-refractivity contribution in [3.8, 4) is 5.75 Å². The molecule has 3 N–H and O–H groups in total. The van der Waals surface area contributed by atoms with Crippen LogP contribution in [-0.2, 0) is 6.42 Å². The zero-order valence-corrected chi connectivity index (χ0v) is 11.4. The largest absolute Gasteiger partial charge is 0.501 e. The van der Waals surface area contributed by atoms with Crippen molar-refractivity contribution in [1.82, 2.24) is 9.97 Å². The van der Waals surface area contributed by atoms with Gasteiger partial charge in [0.15, 0.2) is 5.69 Å². The summed E-state index contributed by atoms with van der Waals surface area (Å²) < 4.78 is 0. The van der Waals surface area contributed by atoms with Gasteiger partial charge in [-0.15, -0.1) is 0 Å². The third-order valence-electron chi connectivity index (χ3n) is 2.52. The minimum absolute atomic E-state index is 0.0782. The average molecular weight is 315 g/mol. The van der Waals surface area contributed by atoms with Gasteiger partial charge in [-0.25, -0.2) is 9.78 Å². The Hall–Kier alpha value is -2.05. The Morgan fingerprint density at radius 2 is 2.05 bits per heavy atom. The van der Waals surface area contributed by atoms with Crippen LogP contribution >= 0.6 is 23.2 Å². The molecule has 1 heterocycles. The number of aromatic carboxylic acids is 1. The molecule has 0 saturated carbocycles. The molecule has 20 heavy (non-hydrogen) atoms. The van der Waals surface area contributed by atoms with E-state index in [9.17, 15) is 14.7 Å². The molecule has 2 aromatic rings. The highest BCUT2D eigenvalue weighted by atomic mass is 35.5. The van der Waals surface area contributed by atoms with Crippen LogP contribution < -0.4 is 5.56 Å². The van der Waals surface area contributed by atoms with Crippen LogP contribution in [0.2, 0.25) is 10.0 Å². The summed E-state index contributed by atoms with van der Waals surface area (Å²) in [7, 11) is 0. The predicted molar refractivity (Wildman–Crippen MR) is 72.7 cm³/mol. The number of hydrogen-bond donors (Lipinski definition) is 3. The van der Waals surface area contributed by atoms with Crippen molar-refractivity contribution in [2.24, 2.45) is 0 Å². The van der Waals surface area contributed by atoms with Gasteiger partial charge < -0.3 is 15.2 Å². The smallest absolute Gasteiger partial charge is 0.358 e. The molecule has 0 unspecified atom stereocenters. The van der Waals surface area contributed by atoms with Crippen LogP contribution in [0.3, 0.4) is 0 Å². The molecule has 0 aliphatic rings. The number of H-pyrrole nitrogens is 1. The first-order valence-electron chi connectivity index (χ1n) is 5.38. The third kappa shape index (κ3) is 2.92. The summed E-state index contributed by atoms with van der Waals surface area (Å²) in [6, 6.07) is 4.77. The van der Waals surface area contributed by atoms with Crippen LogP contribution in [0.25, 0.3) is 0 Å². The minimum Gasteiger partial charge on any atom is -0.501 e. The standard InChI is InChI=1S/C12H8Cl2N2O4/c13-6-2-1-5(7(14)4-6)3-8-15-9(12(19)20)10(17)11(18)16-8/h1-2,4,17H,3H2,(H,19,20)(H,15,16,18). The fourth-order valence-electron chi connectivity index (χ4n) is 1.59. The molecule has 0 bridgehead atoms. The van der Waals surface area contributed by atoms with Crippen molar-refractivity contribution in [1.29, 1.82) is 0 Å². The van der Waals surface area contributed by atoms with E-state index in [1.54, 1.807) is 12.1 Å². The summed E-state index contributed by atoms with van der Waals surface area (Å²) >= 11 is 11.7. The van der Waals surface area contributed by atoms with E-state index >= 15 is 0 Å². The van der Waals surface area contributed by atoms with Gasteiger partial charge in [0.1, 0.15) is 5.82 Å². The van der Waals surface area contributed by atoms with Gasteiger partial charge in [0.25, 0.3) is 5.56 Å². The summed E-state index contributed by atoms with van der Waals surface area (Å²) in [5, 5.41) is 19.0.